The molecule has 1 aromatic rings. The fraction of sp³-hybridized carbons (Fsp3) is 0.500. The lowest BCUT2D eigenvalue weighted by Gasteiger charge is -2.21. The van der Waals surface area contributed by atoms with E-state index < -0.39 is 6.10 Å². The minimum Gasteiger partial charge on any atom is -0.384 e. The first-order valence-electron chi connectivity index (χ1n) is 5.81. The second-order valence-electron chi connectivity index (χ2n) is 5.40. The molecule has 0 aromatic heterocycles. The number of ketones is 1. The van der Waals surface area contributed by atoms with Crippen molar-refractivity contribution >= 4 is 5.78 Å². The summed E-state index contributed by atoms with van der Waals surface area (Å²) in [6.45, 7) is 8.09. The number of benzene rings is 1. The quantitative estimate of drug-likeness (QED) is 0.785. The van der Waals surface area contributed by atoms with Gasteiger partial charge in [0.25, 0.3) is 0 Å². The number of aliphatic hydroxyl groups is 1. The van der Waals surface area contributed by atoms with Crippen LogP contribution in [-0.2, 0) is 5.41 Å². The molecule has 0 saturated carbocycles. The number of nitrogens with two attached hydrogens (primary N) is 1. The van der Waals surface area contributed by atoms with Crippen molar-refractivity contribution in [2.45, 2.75) is 39.2 Å². The maximum absolute atomic E-state index is 11.9. The molecular weight excluding hydrogens is 214 g/mol. The molecule has 17 heavy (non-hydrogen) atoms. The summed E-state index contributed by atoms with van der Waals surface area (Å²) in [4.78, 5) is 11.9. The number of aryl methyl sites for hydroxylation is 1. The number of carbonyl (C=O) groups is 1. The van der Waals surface area contributed by atoms with Gasteiger partial charge in [0.2, 0.25) is 0 Å². The second-order valence-corrected chi connectivity index (χ2v) is 5.40. The van der Waals surface area contributed by atoms with Crippen LogP contribution in [0, 0.1) is 6.92 Å². The summed E-state index contributed by atoms with van der Waals surface area (Å²) in [7, 11) is 0. The molecule has 1 rings (SSSR count). The summed E-state index contributed by atoms with van der Waals surface area (Å²) in [6.07, 6.45) is -1.11. The Balaban J connectivity index is 3.20. The maximum Gasteiger partial charge on any atom is 0.192 e. The molecule has 0 saturated heterocycles. The van der Waals surface area contributed by atoms with E-state index in [2.05, 4.69) is 20.8 Å². The van der Waals surface area contributed by atoms with E-state index in [1.165, 1.54) is 0 Å². The largest absolute Gasteiger partial charge is 0.384 e. The van der Waals surface area contributed by atoms with Crippen molar-refractivity contribution in [3.63, 3.8) is 0 Å². The van der Waals surface area contributed by atoms with Gasteiger partial charge in [-0.2, -0.15) is 0 Å². The van der Waals surface area contributed by atoms with Crippen LogP contribution in [0.2, 0.25) is 0 Å². The highest BCUT2D eigenvalue weighted by molar-refractivity contribution is 6.00. The average Bonchev–Trinajstić information content (AvgIpc) is 2.26. The van der Waals surface area contributed by atoms with E-state index in [4.69, 9.17) is 5.73 Å². The van der Waals surface area contributed by atoms with Crippen LogP contribution in [0.5, 0.6) is 0 Å². The van der Waals surface area contributed by atoms with Crippen molar-refractivity contribution in [2.24, 2.45) is 5.73 Å². The summed E-state index contributed by atoms with van der Waals surface area (Å²) in [5.41, 5.74) is 7.81. The Morgan fingerprint density at radius 3 is 2.47 bits per heavy atom. The first-order valence-corrected chi connectivity index (χ1v) is 5.81. The van der Waals surface area contributed by atoms with Gasteiger partial charge in [-0.25, -0.2) is 0 Å². The fourth-order valence-corrected chi connectivity index (χ4v) is 1.64. The Morgan fingerprint density at radius 1 is 1.41 bits per heavy atom. The smallest absolute Gasteiger partial charge is 0.192 e. The number of hydrogen-bond acceptors (Lipinski definition) is 3. The van der Waals surface area contributed by atoms with Gasteiger partial charge in [-0.15, -0.1) is 0 Å². The summed E-state index contributed by atoms with van der Waals surface area (Å²) in [5.74, 6) is -0.295. The van der Waals surface area contributed by atoms with Crippen LogP contribution < -0.4 is 5.73 Å². The van der Waals surface area contributed by atoms with Crippen LogP contribution in [0.15, 0.2) is 18.2 Å². The van der Waals surface area contributed by atoms with Crippen molar-refractivity contribution in [3.05, 3.63) is 34.9 Å². The molecule has 0 fully saturated rings. The van der Waals surface area contributed by atoms with Crippen molar-refractivity contribution in [1.29, 1.82) is 0 Å². The summed E-state index contributed by atoms with van der Waals surface area (Å²) in [6, 6.07) is 5.79. The SMILES string of the molecule is Cc1ccc(C(C)(C)C)cc1C(=O)C(O)CN. The van der Waals surface area contributed by atoms with Crippen LogP contribution >= 0.6 is 0 Å². The zero-order chi connectivity index (χ0) is 13.2. The van der Waals surface area contributed by atoms with Gasteiger partial charge in [-0.05, 0) is 29.5 Å². The van der Waals surface area contributed by atoms with Crippen LogP contribution in [0.4, 0.5) is 0 Å². The van der Waals surface area contributed by atoms with E-state index in [0.717, 1.165) is 11.1 Å². The molecule has 1 atom stereocenters. The Bertz CT molecular complexity index is 419. The van der Waals surface area contributed by atoms with E-state index in [9.17, 15) is 9.90 Å². The predicted molar refractivity (Wildman–Crippen MR) is 69.3 cm³/mol. The molecule has 0 heterocycles. The third-order valence-electron chi connectivity index (χ3n) is 2.89. The van der Waals surface area contributed by atoms with E-state index in [1.807, 2.05) is 25.1 Å². The Labute approximate surface area is 103 Å². The highest BCUT2D eigenvalue weighted by Gasteiger charge is 2.20. The van der Waals surface area contributed by atoms with Gasteiger partial charge < -0.3 is 10.8 Å². The lowest BCUT2D eigenvalue weighted by atomic mass is 9.84. The second kappa shape index (κ2) is 4.98. The highest BCUT2D eigenvalue weighted by atomic mass is 16.3. The van der Waals surface area contributed by atoms with Crippen LogP contribution in [0.25, 0.3) is 0 Å². The van der Waals surface area contributed by atoms with Gasteiger partial charge >= 0.3 is 0 Å². The predicted octanol–water partition coefficient (Wildman–Crippen LogP) is 1.79. The molecule has 0 aliphatic rings. The maximum atomic E-state index is 11.9. The molecule has 0 radical (unpaired) electrons. The van der Waals surface area contributed by atoms with Gasteiger partial charge in [0.15, 0.2) is 5.78 Å². The first kappa shape index (κ1) is 13.9. The molecule has 0 amide bonds. The minimum atomic E-state index is -1.11. The molecule has 3 heteroatoms. The van der Waals surface area contributed by atoms with Crippen LogP contribution in [-0.4, -0.2) is 23.5 Å². The summed E-state index contributed by atoms with van der Waals surface area (Å²) in [5, 5.41) is 9.52. The number of Topliss-reactive ketones (excluding diaryl/α,β-unsaturated/α-hetero) is 1. The normalized spacial score (nSPS) is 13.5. The van der Waals surface area contributed by atoms with Gasteiger partial charge in [-0.1, -0.05) is 32.9 Å². The Morgan fingerprint density at radius 2 is 2.00 bits per heavy atom. The standard InChI is InChI=1S/C14H21NO2/c1-9-5-6-10(14(2,3)4)7-11(9)13(17)12(16)8-15/h5-7,12,16H,8,15H2,1-4H3. The van der Waals surface area contributed by atoms with Gasteiger partial charge in [0.05, 0.1) is 0 Å². The van der Waals surface area contributed by atoms with Crippen LogP contribution in [0.3, 0.4) is 0 Å². The zero-order valence-corrected chi connectivity index (χ0v) is 10.9. The monoisotopic (exact) mass is 235 g/mol. The third kappa shape index (κ3) is 3.14. The first-order chi connectivity index (χ1) is 7.77. The molecule has 1 aromatic carbocycles. The molecule has 0 spiro atoms. The fourth-order valence-electron chi connectivity index (χ4n) is 1.64. The topological polar surface area (TPSA) is 63.3 Å². The van der Waals surface area contributed by atoms with Crippen molar-refractivity contribution in [3.8, 4) is 0 Å². The minimum absolute atomic E-state index is 0.0175. The molecule has 1 unspecified atom stereocenters. The van der Waals surface area contributed by atoms with Crippen molar-refractivity contribution < 1.29 is 9.90 Å². The van der Waals surface area contributed by atoms with E-state index in [-0.39, 0.29) is 17.7 Å². The van der Waals surface area contributed by atoms with E-state index in [0.29, 0.717) is 5.56 Å². The average molecular weight is 235 g/mol. The Hall–Kier alpha value is -1.19. The van der Waals surface area contributed by atoms with Crippen LogP contribution in [0.1, 0.15) is 42.3 Å². The lowest BCUT2D eigenvalue weighted by Crippen LogP contribution is -2.30. The van der Waals surface area contributed by atoms with Gasteiger partial charge in [0, 0.05) is 12.1 Å². The molecule has 94 valence electrons. The number of rotatable bonds is 3. The van der Waals surface area contributed by atoms with Gasteiger partial charge in [-0.3, -0.25) is 4.79 Å². The van der Waals surface area contributed by atoms with E-state index in [1.54, 1.807) is 0 Å². The molecule has 0 aliphatic carbocycles. The summed E-state index contributed by atoms with van der Waals surface area (Å²) < 4.78 is 0. The molecule has 0 aliphatic heterocycles. The zero-order valence-electron chi connectivity index (χ0n) is 10.9. The molecule has 3 N–H and O–H groups in total. The molecular formula is C14H21NO2. The lowest BCUT2D eigenvalue weighted by molar-refractivity contribution is 0.0762. The third-order valence-corrected chi connectivity index (χ3v) is 2.89. The van der Waals surface area contributed by atoms with Crippen molar-refractivity contribution in [1.82, 2.24) is 0 Å². The number of hydrogen-bond donors (Lipinski definition) is 2. The van der Waals surface area contributed by atoms with Gasteiger partial charge in [0.1, 0.15) is 6.10 Å². The molecule has 3 nitrogen and oxygen atoms in total. The van der Waals surface area contributed by atoms with Crippen molar-refractivity contribution in [2.75, 3.05) is 6.54 Å². The number of aliphatic hydroxyl groups excluding tert-OH is 1. The number of carbonyl (C=O) groups excluding carboxylic acids is 1. The Kier molecular flexibility index (Phi) is 4.07. The van der Waals surface area contributed by atoms with E-state index >= 15 is 0 Å². The highest BCUT2D eigenvalue weighted by Crippen LogP contribution is 2.25. The summed E-state index contributed by atoms with van der Waals surface area (Å²) >= 11 is 0. The molecule has 0 bridgehead atoms.